The van der Waals surface area contributed by atoms with Crippen LogP contribution in [-0.2, 0) is 4.79 Å². The minimum atomic E-state index is -1.30. The average Bonchev–Trinajstić information content (AvgIpc) is 3.15. The number of para-hydroxylation sites is 2. The van der Waals surface area contributed by atoms with Crippen LogP contribution in [0.15, 0.2) is 84.9 Å². The summed E-state index contributed by atoms with van der Waals surface area (Å²) in [5, 5.41) is 65.3. The van der Waals surface area contributed by atoms with E-state index in [1.165, 1.54) is 26.4 Å². The fourth-order valence-corrected chi connectivity index (χ4v) is 8.14. The van der Waals surface area contributed by atoms with Gasteiger partial charge in [-0.15, -0.1) is 0 Å². The summed E-state index contributed by atoms with van der Waals surface area (Å²) in [4.78, 5) is 19.3. The van der Waals surface area contributed by atoms with Crippen LogP contribution in [0.5, 0.6) is 34.5 Å². The Labute approximate surface area is 303 Å². The highest BCUT2D eigenvalue weighted by molar-refractivity contribution is 5.91. The van der Waals surface area contributed by atoms with E-state index in [0.29, 0.717) is 74.5 Å². The smallest absolute Gasteiger partial charge is 0.173 e. The number of benzene rings is 4. The second-order valence-electron chi connectivity index (χ2n) is 13.8. The molecular weight excluding hydrogens is 664 g/mol. The summed E-state index contributed by atoms with van der Waals surface area (Å²) in [7, 11) is 3.03. The van der Waals surface area contributed by atoms with Gasteiger partial charge in [-0.25, -0.2) is 0 Å². The highest BCUT2D eigenvalue weighted by atomic mass is 16.5. The molecule has 2 aliphatic heterocycles. The number of carbonyl (C=O) groups excluding carboxylic acids is 1. The highest BCUT2D eigenvalue weighted by Crippen LogP contribution is 2.42. The molecule has 11 heteroatoms. The van der Waals surface area contributed by atoms with Crippen molar-refractivity contribution in [2.75, 3.05) is 40.4 Å². The zero-order valence-corrected chi connectivity index (χ0v) is 29.5. The van der Waals surface area contributed by atoms with E-state index in [2.05, 4.69) is 0 Å². The van der Waals surface area contributed by atoms with Crippen molar-refractivity contribution >= 4 is 5.78 Å². The molecule has 4 aromatic carbocycles. The highest BCUT2D eigenvalue weighted by Gasteiger charge is 2.46. The average molecular weight is 713 g/mol. The van der Waals surface area contributed by atoms with Gasteiger partial charge in [-0.1, -0.05) is 48.5 Å². The van der Waals surface area contributed by atoms with Gasteiger partial charge < -0.3 is 40.1 Å². The molecule has 4 aromatic rings. The van der Waals surface area contributed by atoms with E-state index in [0.717, 1.165) is 11.1 Å². The number of aliphatic hydroxyl groups is 2. The van der Waals surface area contributed by atoms with E-state index in [9.17, 15) is 30.6 Å². The molecule has 4 atom stereocenters. The van der Waals surface area contributed by atoms with Gasteiger partial charge in [-0.05, 0) is 99.1 Å². The lowest BCUT2D eigenvalue weighted by atomic mass is 9.83. The largest absolute Gasteiger partial charge is 0.508 e. The maximum Gasteiger partial charge on any atom is 0.173 e. The summed E-state index contributed by atoms with van der Waals surface area (Å²) in [5.74, 6) is 0.464. The Balaban J connectivity index is 1.35. The van der Waals surface area contributed by atoms with Crippen molar-refractivity contribution < 1.29 is 44.9 Å². The van der Waals surface area contributed by atoms with E-state index >= 15 is 4.79 Å². The van der Waals surface area contributed by atoms with E-state index in [1.54, 1.807) is 72.8 Å². The van der Waals surface area contributed by atoms with Crippen molar-refractivity contribution in [1.29, 1.82) is 0 Å². The number of nitrogens with zero attached hydrogens (tertiary/aromatic N) is 2. The number of aromatic hydroxyl groups is 4. The third-order valence-corrected chi connectivity index (χ3v) is 10.8. The van der Waals surface area contributed by atoms with Gasteiger partial charge in [0.1, 0.15) is 58.8 Å². The molecule has 0 aromatic heterocycles. The van der Waals surface area contributed by atoms with Gasteiger partial charge in [0, 0.05) is 23.3 Å². The van der Waals surface area contributed by atoms with Gasteiger partial charge in [0.25, 0.3) is 0 Å². The van der Waals surface area contributed by atoms with E-state index < -0.39 is 24.3 Å². The number of methoxy groups -OCH3 is 2. The molecule has 276 valence electrons. The number of ketones is 1. The number of Topliss-reactive ketones (excluding diaryl/α,β-unsaturated/α-hetero) is 1. The van der Waals surface area contributed by atoms with Crippen LogP contribution in [0.1, 0.15) is 72.0 Å². The lowest BCUT2D eigenvalue weighted by Gasteiger charge is -2.44. The van der Waals surface area contributed by atoms with Gasteiger partial charge in [0.15, 0.2) is 5.78 Å². The number of aliphatic hydroxyl groups excluding tert-OH is 2. The third-order valence-electron chi connectivity index (χ3n) is 10.8. The molecule has 0 saturated carbocycles. The number of rotatable bonds is 12. The van der Waals surface area contributed by atoms with Crippen molar-refractivity contribution in [2.24, 2.45) is 0 Å². The second kappa shape index (κ2) is 16.2. The van der Waals surface area contributed by atoms with Crippen molar-refractivity contribution in [1.82, 2.24) is 9.80 Å². The number of likely N-dealkylation sites (tertiary alicyclic amines) is 2. The number of hydrogen-bond acceptors (Lipinski definition) is 11. The zero-order chi connectivity index (χ0) is 36.9. The van der Waals surface area contributed by atoms with Crippen LogP contribution < -0.4 is 9.47 Å². The predicted molar refractivity (Wildman–Crippen MR) is 195 cm³/mol. The number of phenols is 4. The van der Waals surface area contributed by atoms with Crippen molar-refractivity contribution in [2.45, 2.75) is 61.8 Å². The van der Waals surface area contributed by atoms with Gasteiger partial charge >= 0.3 is 0 Å². The van der Waals surface area contributed by atoms with Crippen LogP contribution in [0, 0.1) is 0 Å². The van der Waals surface area contributed by atoms with Gasteiger partial charge in [-0.2, -0.15) is 0 Å². The summed E-state index contributed by atoms with van der Waals surface area (Å²) >= 11 is 0. The van der Waals surface area contributed by atoms with Crippen LogP contribution >= 0.6 is 0 Å². The topological polar surface area (TPSA) is 163 Å². The first-order valence-electron chi connectivity index (χ1n) is 17.8. The fraction of sp³-hybridized carbons (Fsp3) is 0.390. The lowest BCUT2D eigenvalue weighted by molar-refractivity contribution is -0.140. The molecule has 2 saturated heterocycles. The van der Waals surface area contributed by atoms with Crippen molar-refractivity contribution in [3.05, 3.63) is 107 Å². The van der Waals surface area contributed by atoms with Crippen LogP contribution in [0.25, 0.3) is 0 Å². The van der Waals surface area contributed by atoms with Crippen LogP contribution in [0.3, 0.4) is 0 Å². The quantitative estimate of drug-likeness (QED) is 0.112. The molecule has 0 radical (unpaired) electrons. The first kappa shape index (κ1) is 37.0. The molecular formula is C41H48N2O9. The number of piperidine rings is 2. The van der Waals surface area contributed by atoms with E-state index in [4.69, 9.17) is 9.47 Å². The molecule has 0 bridgehead atoms. The molecule has 6 rings (SSSR count). The van der Waals surface area contributed by atoms with E-state index in [1.807, 2.05) is 9.80 Å². The minimum Gasteiger partial charge on any atom is -0.508 e. The van der Waals surface area contributed by atoms with Crippen LogP contribution in [0.2, 0.25) is 0 Å². The molecule has 52 heavy (non-hydrogen) atoms. The molecule has 6 N–H and O–H groups in total. The SMILES string of the molecule is COc1ccccc1[C@H](O)C(C(=O)C([C@@H](O)c1ccccc1OC)N1CCC(c2ccc(O)cc2O)CC1)N1CCC(c2ccc(O)cc2O)CC1. The van der Waals surface area contributed by atoms with E-state index in [-0.39, 0.29) is 40.6 Å². The van der Waals surface area contributed by atoms with Crippen molar-refractivity contribution in [3.8, 4) is 34.5 Å². The Morgan fingerprint density at radius 1 is 0.596 bits per heavy atom. The fourth-order valence-electron chi connectivity index (χ4n) is 8.14. The maximum atomic E-state index is 15.3. The number of ether oxygens (including phenoxy) is 2. The van der Waals surface area contributed by atoms with Crippen LogP contribution in [-0.4, -0.2) is 98.7 Å². The minimum absolute atomic E-state index is 0.0177. The summed E-state index contributed by atoms with van der Waals surface area (Å²) in [6.45, 7) is 1.70. The normalized spacial score (nSPS) is 18.7. The molecule has 11 nitrogen and oxygen atoms in total. The standard InChI is InChI=1S/C41H48N2O9/c1-51-35-9-5-3-7-31(35)39(48)37(42-19-15-25(16-20-42)29-13-11-27(44)23-33(29)46)41(50)38(40(49)32-8-4-6-10-36(32)52-2)43-21-17-26(18-22-43)30-14-12-28(45)24-34(30)47/h3-14,23-26,37-40,44-49H,15-22H2,1-2H3/t37?,38?,39-,40-/m0/s1. The molecule has 2 aliphatic rings. The summed E-state index contributed by atoms with van der Waals surface area (Å²) in [5.41, 5.74) is 2.35. The third kappa shape index (κ3) is 7.68. The maximum absolute atomic E-state index is 15.3. The molecule has 0 aliphatic carbocycles. The Kier molecular flexibility index (Phi) is 11.6. The summed E-state index contributed by atoms with van der Waals surface area (Å²) in [6.07, 6.45) is -0.268. The monoisotopic (exact) mass is 712 g/mol. The zero-order valence-electron chi connectivity index (χ0n) is 29.5. The second-order valence-corrected chi connectivity index (χ2v) is 13.8. The Hall–Kier alpha value is -4.81. The van der Waals surface area contributed by atoms with Gasteiger partial charge in [-0.3, -0.25) is 14.6 Å². The number of carbonyl (C=O) groups is 1. The summed E-state index contributed by atoms with van der Waals surface area (Å²) < 4.78 is 11.3. The number of phenolic OH excluding ortho intramolecular Hbond substituents is 4. The van der Waals surface area contributed by atoms with Crippen molar-refractivity contribution in [3.63, 3.8) is 0 Å². The molecule has 2 heterocycles. The van der Waals surface area contributed by atoms with Crippen LogP contribution in [0.4, 0.5) is 0 Å². The lowest BCUT2D eigenvalue weighted by Crippen LogP contribution is -2.58. The first-order chi connectivity index (χ1) is 25.1. The molecule has 2 unspecified atom stereocenters. The first-order valence-corrected chi connectivity index (χ1v) is 17.8. The number of hydrogen-bond donors (Lipinski definition) is 6. The molecule has 0 amide bonds. The molecule has 0 spiro atoms. The molecule has 2 fully saturated rings. The Morgan fingerprint density at radius 2 is 0.962 bits per heavy atom. The van der Waals surface area contributed by atoms with Gasteiger partial charge in [0.2, 0.25) is 0 Å². The Morgan fingerprint density at radius 3 is 1.31 bits per heavy atom. The predicted octanol–water partition coefficient (Wildman–Crippen LogP) is 5.36. The summed E-state index contributed by atoms with van der Waals surface area (Å²) in [6, 6.07) is 21.2. The Bertz CT molecular complexity index is 1700. The van der Waals surface area contributed by atoms with Gasteiger partial charge in [0.05, 0.1) is 14.2 Å².